The number of aliphatic hydroxyl groups is 1. The number of phosphoric ester groups is 1. The maximum Gasteiger partial charge on any atom is 0.472 e. The molecule has 0 aromatic heterocycles. The van der Waals surface area contributed by atoms with Crippen molar-refractivity contribution in [1.82, 2.24) is 5.32 Å². The van der Waals surface area contributed by atoms with E-state index in [-0.39, 0.29) is 19.1 Å². The monoisotopic (exact) mass is 762 g/mol. The zero-order valence-corrected chi connectivity index (χ0v) is 35.1. The van der Waals surface area contributed by atoms with Crippen molar-refractivity contribution in [3.8, 4) is 0 Å². The van der Waals surface area contributed by atoms with Crippen LogP contribution >= 0.6 is 7.82 Å². The minimum absolute atomic E-state index is 0.0640. The molecule has 53 heavy (non-hydrogen) atoms. The number of carbonyl (C=O) groups excluding carboxylic acids is 1. The smallest absolute Gasteiger partial charge is 0.391 e. The number of unbranched alkanes of at least 4 members (excludes halogenated alkanes) is 8. The number of nitrogens with zero attached hydrogens (tertiary/aromatic N) is 1. The zero-order chi connectivity index (χ0) is 39.3. The highest BCUT2D eigenvalue weighted by Gasteiger charge is 2.28. The van der Waals surface area contributed by atoms with Crippen molar-refractivity contribution in [3.63, 3.8) is 0 Å². The lowest BCUT2D eigenvalue weighted by Crippen LogP contribution is -2.46. The van der Waals surface area contributed by atoms with E-state index in [0.717, 1.165) is 109 Å². The number of quaternary nitrogens is 1. The van der Waals surface area contributed by atoms with E-state index in [2.05, 4.69) is 104 Å². The number of nitrogens with one attached hydrogen (secondary N) is 1. The third-order valence-electron chi connectivity index (χ3n) is 8.41. The average molecular weight is 762 g/mol. The molecule has 0 aliphatic rings. The molecule has 3 atom stereocenters. The highest BCUT2D eigenvalue weighted by atomic mass is 31.2. The quantitative estimate of drug-likeness (QED) is 0.0257. The van der Waals surface area contributed by atoms with Gasteiger partial charge < -0.3 is 19.8 Å². The number of likely N-dealkylation sites (N-methyl/N-ethyl adjacent to an activating group) is 1. The van der Waals surface area contributed by atoms with Crippen molar-refractivity contribution >= 4 is 13.7 Å². The molecular weight excluding hydrogens is 683 g/mol. The van der Waals surface area contributed by atoms with Crippen LogP contribution in [0.1, 0.15) is 136 Å². The van der Waals surface area contributed by atoms with Crippen molar-refractivity contribution in [2.75, 3.05) is 40.9 Å². The number of hydrogen-bond donors (Lipinski definition) is 3. The van der Waals surface area contributed by atoms with Crippen LogP contribution in [0.25, 0.3) is 0 Å². The summed E-state index contributed by atoms with van der Waals surface area (Å²) in [6.07, 6.45) is 48.1. The van der Waals surface area contributed by atoms with Crippen LogP contribution in [0, 0.1) is 0 Å². The summed E-state index contributed by atoms with van der Waals surface area (Å²) < 4.78 is 23.3. The standard InChI is InChI=1S/C44H77N2O6P/c1-6-8-10-12-13-14-15-16-17-18-19-20-21-22-23-24-25-26-27-28-29-30-31-32-33-34-36-38-44(48)45-42(43(47)37-35-11-9-7-2)41-52-53(49,50)51-40-39-46(3,4)5/h8,10,13-14,16-17,19-20,22-23,25-26,28-29,42-43,47H,6-7,9,11-12,15,18,21,24,27,30-41H2,1-5H3,(H-,45,48,49,50)/p+1/b10-8-,14-13-,17-16-,20-19-,23-22-,26-25-,29-28-. The van der Waals surface area contributed by atoms with Gasteiger partial charge in [-0.2, -0.15) is 0 Å². The molecule has 0 saturated heterocycles. The first-order chi connectivity index (χ1) is 25.5. The summed E-state index contributed by atoms with van der Waals surface area (Å²) in [6.45, 7) is 4.59. The summed E-state index contributed by atoms with van der Waals surface area (Å²) in [4.78, 5) is 22.8. The van der Waals surface area contributed by atoms with Crippen molar-refractivity contribution < 1.29 is 32.9 Å². The molecule has 0 aliphatic heterocycles. The summed E-state index contributed by atoms with van der Waals surface area (Å²) in [6, 6.07) is -0.772. The predicted octanol–water partition coefficient (Wildman–Crippen LogP) is 11.0. The summed E-state index contributed by atoms with van der Waals surface area (Å²) in [7, 11) is 1.58. The molecular formula is C44H78N2O6P+. The molecule has 0 aromatic rings. The SMILES string of the molecule is CC/C=C\C/C=C\C/C=C\C/C=C\C/C=C\C/C=C\C/C=C\CCCCCCCC(=O)NC(COP(=O)(O)OCC[N+](C)(C)C)C(O)CCCCCC. The van der Waals surface area contributed by atoms with E-state index in [9.17, 15) is 19.4 Å². The second-order valence-corrected chi connectivity index (χ2v) is 16.1. The zero-order valence-electron chi connectivity index (χ0n) is 34.2. The van der Waals surface area contributed by atoms with Gasteiger partial charge in [0.05, 0.1) is 39.9 Å². The van der Waals surface area contributed by atoms with Crippen molar-refractivity contribution in [2.45, 2.75) is 148 Å². The van der Waals surface area contributed by atoms with Crippen LogP contribution in [0.3, 0.4) is 0 Å². The second kappa shape index (κ2) is 35.4. The van der Waals surface area contributed by atoms with Gasteiger partial charge in [0.2, 0.25) is 5.91 Å². The van der Waals surface area contributed by atoms with Gasteiger partial charge >= 0.3 is 7.82 Å². The number of phosphoric acid groups is 1. The first-order valence-corrected chi connectivity index (χ1v) is 21.9. The lowest BCUT2D eigenvalue weighted by atomic mass is 10.0. The van der Waals surface area contributed by atoms with E-state index in [1.807, 2.05) is 21.1 Å². The number of amides is 1. The fraction of sp³-hybridized carbons (Fsp3) is 0.659. The van der Waals surface area contributed by atoms with Gasteiger partial charge in [0.1, 0.15) is 13.2 Å². The van der Waals surface area contributed by atoms with Crippen LogP contribution in [0.2, 0.25) is 0 Å². The molecule has 0 rings (SSSR count). The van der Waals surface area contributed by atoms with Gasteiger partial charge in [-0.15, -0.1) is 0 Å². The first-order valence-electron chi connectivity index (χ1n) is 20.5. The van der Waals surface area contributed by atoms with E-state index in [1.54, 1.807) is 0 Å². The highest BCUT2D eigenvalue weighted by Crippen LogP contribution is 2.43. The normalized spacial score (nSPS) is 15.4. The van der Waals surface area contributed by atoms with E-state index in [0.29, 0.717) is 23.9 Å². The van der Waals surface area contributed by atoms with Crippen LogP contribution in [0.15, 0.2) is 85.1 Å². The fourth-order valence-electron chi connectivity index (χ4n) is 5.14. The van der Waals surface area contributed by atoms with E-state index in [1.165, 1.54) is 0 Å². The summed E-state index contributed by atoms with van der Waals surface area (Å²) in [5.41, 5.74) is 0. The highest BCUT2D eigenvalue weighted by molar-refractivity contribution is 7.47. The molecule has 3 unspecified atom stereocenters. The Kier molecular flexibility index (Phi) is 33.8. The van der Waals surface area contributed by atoms with E-state index >= 15 is 0 Å². The van der Waals surface area contributed by atoms with Gasteiger partial charge in [-0.05, 0) is 70.6 Å². The number of aliphatic hydroxyl groups excluding tert-OH is 1. The van der Waals surface area contributed by atoms with Crippen molar-refractivity contribution in [2.24, 2.45) is 0 Å². The average Bonchev–Trinajstić information content (AvgIpc) is 3.10. The number of hydrogen-bond acceptors (Lipinski definition) is 5. The number of carbonyl (C=O) groups is 1. The Labute approximate surface area is 325 Å². The molecule has 9 heteroatoms. The Balaban J connectivity index is 4.12. The minimum atomic E-state index is -4.30. The lowest BCUT2D eigenvalue weighted by molar-refractivity contribution is -0.870. The summed E-state index contributed by atoms with van der Waals surface area (Å²) in [5.74, 6) is -0.178. The Morgan fingerprint density at radius 2 is 1.13 bits per heavy atom. The fourth-order valence-corrected chi connectivity index (χ4v) is 5.88. The molecule has 0 saturated carbocycles. The molecule has 0 fully saturated rings. The molecule has 0 heterocycles. The Hall–Kier alpha value is -2.32. The van der Waals surface area contributed by atoms with E-state index < -0.39 is 20.0 Å². The summed E-state index contributed by atoms with van der Waals surface area (Å²) in [5, 5.41) is 13.6. The molecule has 304 valence electrons. The topological polar surface area (TPSA) is 105 Å². The van der Waals surface area contributed by atoms with Crippen LogP contribution in [0.5, 0.6) is 0 Å². The lowest BCUT2D eigenvalue weighted by Gasteiger charge is -2.26. The molecule has 3 N–H and O–H groups in total. The minimum Gasteiger partial charge on any atom is -0.391 e. The second-order valence-electron chi connectivity index (χ2n) is 14.6. The van der Waals surface area contributed by atoms with Gasteiger partial charge in [-0.1, -0.05) is 144 Å². The van der Waals surface area contributed by atoms with Gasteiger partial charge in [0.15, 0.2) is 0 Å². The molecule has 0 radical (unpaired) electrons. The molecule has 0 bridgehead atoms. The van der Waals surface area contributed by atoms with Crippen molar-refractivity contribution in [3.05, 3.63) is 85.1 Å². The summed E-state index contributed by atoms with van der Waals surface area (Å²) >= 11 is 0. The van der Waals surface area contributed by atoms with Gasteiger partial charge in [-0.25, -0.2) is 4.57 Å². The molecule has 0 spiro atoms. The van der Waals surface area contributed by atoms with Crippen molar-refractivity contribution in [1.29, 1.82) is 0 Å². The Morgan fingerprint density at radius 1 is 0.660 bits per heavy atom. The van der Waals surface area contributed by atoms with Crippen LogP contribution < -0.4 is 5.32 Å². The van der Waals surface area contributed by atoms with Crippen LogP contribution in [-0.2, 0) is 18.4 Å². The molecule has 0 aliphatic carbocycles. The first kappa shape index (κ1) is 50.7. The Bertz CT molecular complexity index is 1140. The molecule has 0 aromatic carbocycles. The Morgan fingerprint density at radius 3 is 1.64 bits per heavy atom. The molecule has 8 nitrogen and oxygen atoms in total. The van der Waals surface area contributed by atoms with Gasteiger partial charge in [0, 0.05) is 6.42 Å². The van der Waals surface area contributed by atoms with Crippen LogP contribution in [-0.4, -0.2) is 73.4 Å². The third-order valence-corrected chi connectivity index (χ3v) is 9.39. The maximum atomic E-state index is 12.7. The molecule has 1 amide bonds. The largest absolute Gasteiger partial charge is 0.472 e. The van der Waals surface area contributed by atoms with Gasteiger partial charge in [0.25, 0.3) is 0 Å². The number of allylic oxidation sites excluding steroid dienone is 14. The van der Waals surface area contributed by atoms with E-state index in [4.69, 9.17) is 9.05 Å². The van der Waals surface area contributed by atoms with Gasteiger partial charge in [-0.3, -0.25) is 13.8 Å². The maximum absolute atomic E-state index is 12.7. The predicted molar refractivity (Wildman–Crippen MR) is 226 cm³/mol. The number of rotatable bonds is 35. The third kappa shape index (κ3) is 37.8. The van der Waals surface area contributed by atoms with Crippen LogP contribution in [0.4, 0.5) is 0 Å².